The first kappa shape index (κ1) is 26.8. The van der Waals surface area contributed by atoms with E-state index in [-0.39, 0.29) is 35.9 Å². The Morgan fingerprint density at radius 2 is 1.94 bits per heavy atom. The fourth-order valence-electron chi connectivity index (χ4n) is 4.12. The molecule has 2 aromatic carbocycles. The SMILES string of the molecule is CN(C)S(=O)(=O)N1CCCCC1CCOc1cc(F)cc(Cc2ccc(I)cc2F)c1C(N)=O. The number of hydrogen-bond donors (Lipinski definition) is 1. The molecule has 1 fully saturated rings. The van der Waals surface area contributed by atoms with E-state index < -0.39 is 27.8 Å². The first-order valence-electron chi connectivity index (χ1n) is 10.9. The van der Waals surface area contributed by atoms with Crippen molar-refractivity contribution in [1.82, 2.24) is 8.61 Å². The number of nitrogens with two attached hydrogens (primary N) is 1. The lowest BCUT2D eigenvalue weighted by Gasteiger charge is -2.36. The van der Waals surface area contributed by atoms with Crippen LogP contribution in [0.1, 0.15) is 47.2 Å². The molecule has 2 aromatic rings. The van der Waals surface area contributed by atoms with Crippen LogP contribution in [0.25, 0.3) is 0 Å². The topological polar surface area (TPSA) is 92.9 Å². The Kier molecular flexibility index (Phi) is 8.87. The number of amides is 1. The molecule has 0 bridgehead atoms. The lowest BCUT2D eigenvalue weighted by Crippen LogP contribution is -2.49. The van der Waals surface area contributed by atoms with Gasteiger partial charge in [-0.25, -0.2) is 8.78 Å². The van der Waals surface area contributed by atoms with Gasteiger partial charge in [0.15, 0.2) is 0 Å². The molecule has 1 aliphatic heterocycles. The smallest absolute Gasteiger partial charge is 0.281 e. The van der Waals surface area contributed by atoms with E-state index in [1.54, 1.807) is 12.1 Å². The Morgan fingerprint density at radius 3 is 2.59 bits per heavy atom. The Balaban J connectivity index is 1.81. The number of ether oxygens (including phenoxy) is 1. The molecule has 0 spiro atoms. The van der Waals surface area contributed by atoms with Crippen molar-refractivity contribution in [2.45, 2.75) is 38.1 Å². The number of nitrogens with zero attached hydrogens (tertiary/aromatic N) is 2. The number of halogens is 3. The van der Waals surface area contributed by atoms with Crippen molar-refractivity contribution >= 4 is 38.7 Å². The zero-order chi connectivity index (χ0) is 25.0. The van der Waals surface area contributed by atoms with Gasteiger partial charge in [0.2, 0.25) is 0 Å². The van der Waals surface area contributed by atoms with Gasteiger partial charge >= 0.3 is 0 Å². The third-order valence-electron chi connectivity index (χ3n) is 5.83. The first-order chi connectivity index (χ1) is 16.0. The summed E-state index contributed by atoms with van der Waals surface area (Å²) in [5, 5.41) is 0. The van der Waals surface area contributed by atoms with E-state index in [0.717, 1.165) is 25.0 Å². The molecular weight excluding hydrogens is 579 g/mol. The molecule has 1 aliphatic rings. The predicted octanol–water partition coefficient (Wildman–Crippen LogP) is 3.69. The highest BCUT2D eigenvalue weighted by Crippen LogP contribution is 2.29. The maximum Gasteiger partial charge on any atom is 0.281 e. The zero-order valence-electron chi connectivity index (χ0n) is 19.1. The van der Waals surface area contributed by atoms with Crippen LogP contribution in [-0.2, 0) is 16.6 Å². The molecule has 1 amide bonds. The molecule has 1 heterocycles. The molecule has 34 heavy (non-hydrogen) atoms. The van der Waals surface area contributed by atoms with Crippen molar-refractivity contribution in [3.63, 3.8) is 0 Å². The Morgan fingerprint density at radius 1 is 1.21 bits per heavy atom. The fourth-order valence-corrected chi connectivity index (χ4v) is 5.94. The van der Waals surface area contributed by atoms with Gasteiger partial charge in [-0.1, -0.05) is 12.5 Å². The van der Waals surface area contributed by atoms with Crippen molar-refractivity contribution in [1.29, 1.82) is 0 Å². The van der Waals surface area contributed by atoms with E-state index in [0.29, 0.717) is 28.5 Å². The zero-order valence-corrected chi connectivity index (χ0v) is 22.0. The standard InChI is InChI=1S/C23H28F2IN3O4S/c1-28(2)34(31,32)29-9-4-3-5-19(29)8-10-33-21-13-17(24)12-16(22(21)23(27)30)11-15-6-7-18(26)14-20(15)25/h6-7,12-14,19H,3-5,8-11H2,1-2H3,(H2,27,30). The summed E-state index contributed by atoms with van der Waals surface area (Å²) >= 11 is 1.99. The third-order valence-corrected chi connectivity index (χ3v) is 8.50. The normalized spacial score (nSPS) is 17.2. The highest BCUT2D eigenvalue weighted by atomic mass is 127. The maximum absolute atomic E-state index is 14.4. The van der Waals surface area contributed by atoms with Crippen LogP contribution in [0.5, 0.6) is 5.75 Å². The van der Waals surface area contributed by atoms with Crippen molar-refractivity contribution < 1.29 is 26.7 Å². The second-order valence-corrected chi connectivity index (χ2v) is 11.7. The highest BCUT2D eigenvalue weighted by Gasteiger charge is 2.33. The molecule has 186 valence electrons. The summed E-state index contributed by atoms with van der Waals surface area (Å²) in [4.78, 5) is 12.2. The van der Waals surface area contributed by atoms with E-state index in [2.05, 4.69) is 0 Å². The Labute approximate surface area is 212 Å². The summed E-state index contributed by atoms with van der Waals surface area (Å²) in [5.74, 6) is -1.96. The van der Waals surface area contributed by atoms with Gasteiger partial charge in [-0.2, -0.15) is 17.0 Å². The van der Waals surface area contributed by atoms with Gasteiger partial charge in [0.05, 0.1) is 12.2 Å². The van der Waals surface area contributed by atoms with E-state index in [1.165, 1.54) is 28.8 Å². The van der Waals surface area contributed by atoms with Gasteiger partial charge in [-0.3, -0.25) is 4.79 Å². The van der Waals surface area contributed by atoms with Crippen LogP contribution >= 0.6 is 22.6 Å². The largest absolute Gasteiger partial charge is 0.493 e. The minimum Gasteiger partial charge on any atom is -0.493 e. The summed E-state index contributed by atoms with van der Waals surface area (Å²) in [6.07, 6.45) is 2.68. The van der Waals surface area contributed by atoms with Crippen LogP contribution in [0, 0.1) is 15.2 Å². The summed E-state index contributed by atoms with van der Waals surface area (Å²) in [6.45, 7) is 0.481. The van der Waals surface area contributed by atoms with Crippen molar-refractivity contribution in [2.24, 2.45) is 5.73 Å². The van der Waals surface area contributed by atoms with E-state index in [1.807, 2.05) is 22.6 Å². The molecule has 1 unspecified atom stereocenters. The summed E-state index contributed by atoms with van der Waals surface area (Å²) < 4.78 is 63.2. The average Bonchev–Trinajstić information content (AvgIpc) is 2.75. The van der Waals surface area contributed by atoms with E-state index in [9.17, 15) is 22.0 Å². The van der Waals surface area contributed by atoms with Gasteiger partial charge in [-0.05, 0) is 71.2 Å². The van der Waals surface area contributed by atoms with Crippen LogP contribution in [0.3, 0.4) is 0 Å². The second-order valence-electron chi connectivity index (χ2n) is 8.40. The minimum atomic E-state index is -3.58. The second kappa shape index (κ2) is 11.3. The highest BCUT2D eigenvalue weighted by molar-refractivity contribution is 14.1. The molecule has 3 rings (SSSR count). The number of benzene rings is 2. The van der Waals surface area contributed by atoms with Gasteiger partial charge in [0.1, 0.15) is 17.4 Å². The summed E-state index contributed by atoms with van der Waals surface area (Å²) in [6, 6.07) is 6.61. The van der Waals surface area contributed by atoms with Gasteiger partial charge in [0, 0.05) is 42.7 Å². The average molecular weight is 607 g/mol. The van der Waals surface area contributed by atoms with Gasteiger partial charge in [-0.15, -0.1) is 0 Å². The Hall–Kier alpha value is -1.83. The monoisotopic (exact) mass is 607 g/mol. The molecule has 7 nitrogen and oxygen atoms in total. The van der Waals surface area contributed by atoms with E-state index >= 15 is 0 Å². The van der Waals surface area contributed by atoms with Gasteiger partial charge in [0.25, 0.3) is 16.1 Å². The number of rotatable bonds is 9. The van der Waals surface area contributed by atoms with Crippen LogP contribution < -0.4 is 10.5 Å². The molecule has 0 aromatic heterocycles. The van der Waals surface area contributed by atoms with Crippen LogP contribution in [0.15, 0.2) is 30.3 Å². The molecular formula is C23H28F2IN3O4S. The number of carbonyl (C=O) groups excluding carboxylic acids is 1. The maximum atomic E-state index is 14.4. The third kappa shape index (κ3) is 6.23. The van der Waals surface area contributed by atoms with Crippen LogP contribution in [0.2, 0.25) is 0 Å². The minimum absolute atomic E-state index is 0.0132. The fraction of sp³-hybridized carbons (Fsp3) is 0.435. The molecule has 0 aliphatic carbocycles. The number of carbonyl (C=O) groups is 1. The summed E-state index contributed by atoms with van der Waals surface area (Å²) in [5.41, 5.74) is 6.08. The van der Waals surface area contributed by atoms with Gasteiger partial charge < -0.3 is 10.5 Å². The molecule has 11 heteroatoms. The number of piperidine rings is 1. The predicted molar refractivity (Wildman–Crippen MR) is 134 cm³/mol. The summed E-state index contributed by atoms with van der Waals surface area (Å²) in [7, 11) is -0.605. The molecule has 2 N–H and O–H groups in total. The van der Waals surface area contributed by atoms with Crippen molar-refractivity contribution in [2.75, 3.05) is 27.2 Å². The van der Waals surface area contributed by atoms with Crippen LogP contribution in [0.4, 0.5) is 8.78 Å². The Bertz CT molecular complexity index is 1160. The van der Waals surface area contributed by atoms with Crippen molar-refractivity contribution in [3.05, 3.63) is 62.2 Å². The number of hydrogen-bond acceptors (Lipinski definition) is 4. The molecule has 1 atom stereocenters. The van der Waals surface area contributed by atoms with E-state index in [4.69, 9.17) is 10.5 Å². The van der Waals surface area contributed by atoms with Crippen LogP contribution in [-0.4, -0.2) is 56.2 Å². The molecule has 1 saturated heterocycles. The lowest BCUT2D eigenvalue weighted by molar-refractivity contribution is 0.0994. The lowest BCUT2D eigenvalue weighted by atomic mass is 9.98. The first-order valence-corrected chi connectivity index (χ1v) is 13.4. The molecule has 0 saturated carbocycles. The number of primary amides is 1. The molecule has 0 radical (unpaired) electrons. The quantitative estimate of drug-likeness (QED) is 0.441. The van der Waals surface area contributed by atoms with Crippen molar-refractivity contribution in [3.8, 4) is 5.75 Å².